The lowest BCUT2D eigenvalue weighted by molar-refractivity contribution is -0.384. The number of halogens is 1. The predicted molar refractivity (Wildman–Crippen MR) is 77.4 cm³/mol. The van der Waals surface area contributed by atoms with Crippen LogP contribution >= 0.6 is 15.9 Å². The number of pyridine rings is 1. The Morgan fingerprint density at radius 2 is 2.21 bits per heavy atom. The van der Waals surface area contributed by atoms with Gasteiger partial charge in [-0.3, -0.25) is 10.1 Å². The van der Waals surface area contributed by atoms with E-state index in [4.69, 9.17) is 0 Å². The van der Waals surface area contributed by atoms with Crippen molar-refractivity contribution in [3.8, 4) is 0 Å². The Labute approximate surface area is 118 Å². The van der Waals surface area contributed by atoms with Crippen LogP contribution in [0.3, 0.4) is 0 Å². The van der Waals surface area contributed by atoms with Gasteiger partial charge in [-0.15, -0.1) is 0 Å². The Morgan fingerprint density at radius 3 is 2.84 bits per heavy atom. The van der Waals surface area contributed by atoms with Gasteiger partial charge in [0.05, 0.1) is 10.4 Å². The van der Waals surface area contributed by atoms with Crippen LogP contribution in [-0.2, 0) is 0 Å². The quantitative estimate of drug-likeness (QED) is 0.688. The molecule has 0 saturated heterocycles. The smallest absolute Gasteiger partial charge is 0.311 e. The third-order valence-electron chi connectivity index (χ3n) is 3.46. The summed E-state index contributed by atoms with van der Waals surface area (Å²) in [6.45, 7) is 0. The van der Waals surface area contributed by atoms with Crippen molar-refractivity contribution in [1.29, 1.82) is 0 Å². The Balaban J connectivity index is 2.16. The minimum atomic E-state index is -0.379. The summed E-state index contributed by atoms with van der Waals surface area (Å²) in [4.78, 5) is 14.9. The van der Waals surface area contributed by atoms with Gasteiger partial charge in [-0.2, -0.15) is 0 Å². The summed E-state index contributed by atoms with van der Waals surface area (Å²) < 4.78 is 0.913. The monoisotopic (exact) mass is 321 g/mol. The van der Waals surface area contributed by atoms with Gasteiger partial charge < -0.3 is 5.32 Å². The normalized spacial score (nSPS) is 15.2. The number of rotatable bonds is 3. The van der Waals surface area contributed by atoms with E-state index in [1.807, 2.05) is 18.2 Å². The highest BCUT2D eigenvalue weighted by Crippen LogP contribution is 2.35. The van der Waals surface area contributed by atoms with E-state index in [0.717, 1.165) is 28.2 Å². The summed E-state index contributed by atoms with van der Waals surface area (Å²) in [6, 6.07) is 5.94. The third-order valence-corrected chi connectivity index (χ3v) is 3.95. The topological polar surface area (TPSA) is 68.1 Å². The lowest BCUT2D eigenvalue weighted by atomic mass is 9.92. The molecule has 0 aliphatic heterocycles. The van der Waals surface area contributed by atoms with Crippen molar-refractivity contribution < 1.29 is 4.92 Å². The van der Waals surface area contributed by atoms with Crippen molar-refractivity contribution >= 4 is 38.2 Å². The van der Waals surface area contributed by atoms with Crippen molar-refractivity contribution in [2.45, 2.75) is 25.3 Å². The number of hydrogen-bond donors (Lipinski definition) is 1. The molecule has 0 spiro atoms. The first-order valence-electron chi connectivity index (χ1n) is 6.14. The number of aromatic nitrogens is 1. The minimum absolute atomic E-state index is 0.0433. The van der Waals surface area contributed by atoms with Crippen LogP contribution in [0.4, 0.5) is 11.4 Å². The summed E-state index contributed by atoms with van der Waals surface area (Å²) in [5, 5.41) is 15.2. The molecule has 5 nitrogen and oxygen atoms in total. The van der Waals surface area contributed by atoms with Gasteiger partial charge in [0.15, 0.2) is 0 Å². The summed E-state index contributed by atoms with van der Waals surface area (Å²) in [5.41, 5.74) is 1.38. The maximum atomic E-state index is 11.1. The Morgan fingerprint density at radius 1 is 1.42 bits per heavy atom. The molecule has 0 unspecified atom stereocenters. The molecular weight excluding hydrogens is 310 g/mol. The fourth-order valence-electron chi connectivity index (χ4n) is 2.20. The van der Waals surface area contributed by atoms with Crippen LogP contribution in [0.5, 0.6) is 0 Å². The molecule has 0 amide bonds. The lowest BCUT2D eigenvalue weighted by Crippen LogP contribution is -2.27. The number of hydrogen-bond acceptors (Lipinski definition) is 4. The van der Waals surface area contributed by atoms with E-state index >= 15 is 0 Å². The van der Waals surface area contributed by atoms with Gasteiger partial charge in [0.25, 0.3) is 0 Å². The number of benzene rings is 1. The highest BCUT2D eigenvalue weighted by molar-refractivity contribution is 9.10. The zero-order valence-electron chi connectivity index (χ0n) is 10.1. The zero-order valence-corrected chi connectivity index (χ0v) is 11.7. The second-order valence-electron chi connectivity index (χ2n) is 4.71. The van der Waals surface area contributed by atoms with Gasteiger partial charge in [0.2, 0.25) is 0 Å². The van der Waals surface area contributed by atoms with Crippen LogP contribution in [0, 0.1) is 10.1 Å². The second-order valence-corrected chi connectivity index (χ2v) is 5.62. The van der Waals surface area contributed by atoms with Gasteiger partial charge >= 0.3 is 5.69 Å². The first-order valence-corrected chi connectivity index (χ1v) is 6.93. The fourth-order valence-corrected chi connectivity index (χ4v) is 2.55. The Hall–Kier alpha value is -1.69. The molecule has 6 heteroatoms. The standard InChI is InChI=1S/C13H12BrN3O2/c14-8-4-5-10-11(6-8)15-7-12(17(18)19)13(10)16-9-2-1-3-9/h4-7,9H,1-3H2,(H,15,16). The maximum absolute atomic E-state index is 11.1. The number of anilines is 1. The first-order chi connectivity index (χ1) is 9.15. The number of nitro groups is 1. The van der Waals surface area contributed by atoms with Crippen LogP contribution in [0.2, 0.25) is 0 Å². The molecule has 19 heavy (non-hydrogen) atoms. The van der Waals surface area contributed by atoms with Gasteiger partial charge in [-0.1, -0.05) is 15.9 Å². The highest BCUT2D eigenvalue weighted by atomic mass is 79.9. The summed E-state index contributed by atoms with van der Waals surface area (Å²) in [5.74, 6) is 0. The summed E-state index contributed by atoms with van der Waals surface area (Å²) in [7, 11) is 0. The molecule has 2 aromatic rings. The maximum Gasteiger partial charge on any atom is 0.311 e. The van der Waals surface area contributed by atoms with Crippen molar-refractivity contribution in [2.75, 3.05) is 5.32 Å². The van der Waals surface area contributed by atoms with E-state index in [9.17, 15) is 10.1 Å². The van der Waals surface area contributed by atoms with Gasteiger partial charge in [-0.25, -0.2) is 4.98 Å². The molecule has 1 aromatic carbocycles. The van der Waals surface area contributed by atoms with Crippen molar-refractivity contribution in [3.63, 3.8) is 0 Å². The SMILES string of the molecule is O=[N+]([O-])c1cnc2cc(Br)ccc2c1NC1CCC1. The molecule has 0 radical (unpaired) electrons. The molecule has 1 N–H and O–H groups in total. The van der Waals surface area contributed by atoms with Gasteiger partial charge in [0.1, 0.15) is 11.9 Å². The highest BCUT2D eigenvalue weighted by Gasteiger charge is 2.24. The van der Waals surface area contributed by atoms with E-state index in [2.05, 4.69) is 26.2 Å². The van der Waals surface area contributed by atoms with Crippen molar-refractivity contribution in [3.05, 3.63) is 39.0 Å². The molecular formula is C13H12BrN3O2. The zero-order chi connectivity index (χ0) is 13.4. The molecule has 1 heterocycles. The minimum Gasteiger partial charge on any atom is -0.376 e. The molecule has 1 aromatic heterocycles. The van der Waals surface area contributed by atoms with E-state index in [0.29, 0.717) is 11.7 Å². The van der Waals surface area contributed by atoms with Crippen LogP contribution in [0.25, 0.3) is 10.9 Å². The average molecular weight is 322 g/mol. The van der Waals surface area contributed by atoms with E-state index < -0.39 is 0 Å². The molecule has 0 bridgehead atoms. The Bertz CT molecular complexity index is 656. The van der Waals surface area contributed by atoms with E-state index in [1.165, 1.54) is 12.6 Å². The Kier molecular flexibility index (Phi) is 3.10. The van der Waals surface area contributed by atoms with Crippen molar-refractivity contribution in [2.24, 2.45) is 0 Å². The molecule has 1 fully saturated rings. The molecule has 0 atom stereocenters. The molecule has 3 rings (SSSR count). The van der Waals surface area contributed by atoms with Gasteiger partial charge in [-0.05, 0) is 37.5 Å². The van der Waals surface area contributed by atoms with Crippen molar-refractivity contribution in [1.82, 2.24) is 4.98 Å². The summed E-state index contributed by atoms with van der Waals surface area (Å²) >= 11 is 3.39. The lowest BCUT2D eigenvalue weighted by Gasteiger charge is -2.27. The van der Waals surface area contributed by atoms with Crippen LogP contribution in [-0.4, -0.2) is 15.9 Å². The van der Waals surface area contributed by atoms with Crippen LogP contribution in [0.15, 0.2) is 28.9 Å². The van der Waals surface area contributed by atoms with Crippen LogP contribution < -0.4 is 5.32 Å². The largest absolute Gasteiger partial charge is 0.376 e. The molecule has 1 aliphatic carbocycles. The third kappa shape index (κ3) is 2.28. The molecule has 1 aliphatic rings. The predicted octanol–water partition coefficient (Wildman–Crippen LogP) is 3.87. The first kappa shape index (κ1) is 12.3. The summed E-state index contributed by atoms with van der Waals surface area (Å²) in [6.07, 6.45) is 4.64. The van der Waals surface area contributed by atoms with E-state index in [-0.39, 0.29) is 10.6 Å². The second kappa shape index (κ2) is 4.77. The number of fused-ring (bicyclic) bond motifs is 1. The fraction of sp³-hybridized carbons (Fsp3) is 0.308. The molecule has 1 saturated carbocycles. The van der Waals surface area contributed by atoms with Gasteiger partial charge in [0, 0.05) is 15.9 Å². The average Bonchev–Trinajstić information content (AvgIpc) is 2.32. The number of nitrogens with zero attached hydrogens (tertiary/aromatic N) is 2. The number of nitrogens with one attached hydrogen (secondary N) is 1. The molecule has 98 valence electrons. The van der Waals surface area contributed by atoms with E-state index in [1.54, 1.807) is 0 Å². The van der Waals surface area contributed by atoms with Crippen LogP contribution in [0.1, 0.15) is 19.3 Å².